The Kier molecular flexibility index (Phi) is 4.37. The van der Waals surface area contributed by atoms with Crippen molar-refractivity contribution in [2.75, 3.05) is 26.2 Å². The van der Waals surface area contributed by atoms with Crippen LogP contribution in [0.5, 0.6) is 0 Å². The van der Waals surface area contributed by atoms with Crippen molar-refractivity contribution in [3.63, 3.8) is 0 Å². The van der Waals surface area contributed by atoms with Crippen LogP contribution in [0.3, 0.4) is 0 Å². The molecule has 3 fully saturated rings. The lowest BCUT2D eigenvalue weighted by molar-refractivity contribution is -0.134. The number of hydrogen-bond acceptors (Lipinski definition) is 5. The molecule has 0 aromatic carbocycles. The minimum atomic E-state index is -0.406. The Balaban J connectivity index is 1.42. The molecule has 1 saturated carbocycles. The predicted octanol–water partition coefficient (Wildman–Crippen LogP) is 1.55. The van der Waals surface area contributed by atoms with Crippen molar-refractivity contribution in [3.8, 4) is 0 Å². The van der Waals surface area contributed by atoms with Gasteiger partial charge in [-0.1, -0.05) is 12.8 Å². The molecule has 29 heavy (non-hydrogen) atoms. The van der Waals surface area contributed by atoms with Gasteiger partial charge in [0, 0.05) is 50.4 Å². The molecule has 8 nitrogen and oxygen atoms in total. The Hall–Kier alpha value is -2.77. The topological polar surface area (TPSA) is 95.1 Å². The molecule has 3 aliphatic rings. The lowest BCUT2D eigenvalue weighted by Crippen LogP contribution is -2.43. The number of rotatable bonds is 3. The fourth-order valence-electron chi connectivity index (χ4n) is 5.37. The number of likely N-dealkylation sites (tertiary alicyclic amines) is 2. The van der Waals surface area contributed by atoms with Crippen molar-refractivity contribution < 1.29 is 9.59 Å². The van der Waals surface area contributed by atoms with E-state index in [1.54, 1.807) is 24.5 Å². The standard InChI is InChI=1S/C21H26N6O2/c1-14-23-20(25-24-14)21-12-26(18(28)15-5-2-3-6-15)10-17(21)11-27(13-21)19(29)16-7-4-8-22-9-16/h4,7-9,15,17H,2-3,5-6,10-13H2,1H3,(H,23,24,25)/t17-,21-/m1/s1. The van der Waals surface area contributed by atoms with Crippen LogP contribution in [0.2, 0.25) is 0 Å². The number of nitrogens with one attached hydrogen (secondary N) is 1. The summed E-state index contributed by atoms with van der Waals surface area (Å²) in [6, 6.07) is 3.57. The van der Waals surface area contributed by atoms with Gasteiger partial charge in [-0.3, -0.25) is 19.7 Å². The zero-order chi connectivity index (χ0) is 20.0. The molecule has 2 saturated heterocycles. The van der Waals surface area contributed by atoms with Gasteiger partial charge in [-0.05, 0) is 31.9 Å². The van der Waals surface area contributed by atoms with E-state index in [0.29, 0.717) is 31.7 Å². The molecule has 1 aliphatic carbocycles. The highest BCUT2D eigenvalue weighted by Gasteiger charge is 2.58. The van der Waals surface area contributed by atoms with Gasteiger partial charge in [-0.2, -0.15) is 5.10 Å². The average molecular weight is 394 g/mol. The summed E-state index contributed by atoms with van der Waals surface area (Å²) in [4.78, 5) is 38.7. The first-order valence-corrected chi connectivity index (χ1v) is 10.4. The van der Waals surface area contributed by atoms with Crippen LogP contribution in [0.4, 0.5) is 0 Å². The lowest BCUT2D eigenvalue weighted by atomic mass is 9.80. The zero-order valence-electron chi connectivity index (χ0n) is 16.7. The number of pyridine rings is 1. The number of aromatic amines is 1. The SMILES string of the molecule is Cc1nc([C@]23CN(C(=O)c4cccnc4)C[C@H]2CN(C(=O)C2CCCC2)C3)n[nH]1. The van der Waals surface area contributed by atoms with Crippen LogP contribution in [0.1, 0.15) is 47.7 Å². The fraction of sp³-hybridized carbons (Fsp3) is 0.571. The van der Waals surface area contributed by atoms with E-state index in [2.05, 4.69) is 20.2 Å². The van der Waals surface area contributed by atoms with Crippen LogP contribution in [-0.2, 0) is 10.2 Å². The molecule has 2 aromatic heterocycles. The summed E-state index contributed by atoms with van der Waals surface area (Å²) < 4.78 is 0. The van der Waals surface area contributed by atoms with E-state index in [0.717, 1.165) is 37.3 Å². The fourth-order valence-corrected chi connectivity index (χ4v) is 5.37. The van der Waals surface area contributed by atoms with Gasteiger partial charge in [0.2, 0.25) is 5.91 Å². The Morgan fingerprint density at radius 1 is 1.17 bits per heavy atom. The van der Waals surface area contributed by atoms with E-state index in [1.165, 1.54) is 0 Å². The first kappa shape index (κ1) is 18.3. The number of fused-ring (bicyclic) bond motifs is 1. The third-order valence-electron chi connectivity index (χ3n) is 6.86. The molecule has 1 N–H and O–H groups in total. The molecular weight excluding hydrogens is 368 g/mol. The van der Waals surface area contributed by atoms with E-state index in [9.17, 15) is 9.59 Å². The highest BCUT2D eigenvalue weighted by atomic mass is 16.2. The zero-order valence-corrected chi connectivity index (χ0v) is 16.7. The van der Waals surface area contributed by atoms with Gasteiger partial charge in [0.15, 0.2) is 5.82 Å². The first-order valence-electron chi connectivity index (χ1n) is 10.4. The van der Waals surface area contributed by atoms with Crippen molar-refractivity contribution in [2.45, 2.75) is 38.0 Å². The van der Waals surface area contributed by atoms with Gasteiger partial charge < -0.3 is 9.80 Å². The molecule has 0 unspecified atom stereocenters. The van der Waals surface area contributed by atoms with E-state index >= 15 is 0 Å². The number of aromatic nitrogens is 4. The van der Waals surface area contributed by atoms with Crippen LogP contribution in [0, 0.1) is 18.8 Å². The molecular formula is C21H26N6O2. The normalized spacial score (nSPS) is 26.9. The summed E-state index contributed by atoms with van der Waals surface area (Å²) in [5.74, 6) is 2.03. The minimum absolute atomic E-state index is 0.0206. The molecule has 2 aliphatic heterocycles. The molecule has 0 radical (unpaired) electrons. The molecule has 8 heteroatoms. The Labute approximate surface area is 169 Å². The summed E-state index contributed by atoms with van der Waals surface area (Å²) >= 11 is 0. The first-order chi connectivity index (χ1) is 14.1. The maximum absolute atomic E-state index is 13.1. The molecule has 0 bridgehead atoms. The maximum atomic E-state index is 13.1. The summed E-state index contributed by atoms with van der Waals surface area (Å²) in [5.41, 5.74) is 0.185. The van der Waals surface area contributed by atoms with Crippen LogP contribution in [-0.4, -0.2) is 68.0 Å². The van der Waals surface area contributed by atoms with Gasteiger partial charge in [0.1, 0.15) is 5.82 Å². The summed E-state index contributed by atoms with van der Waals surface area (Å²) in [6.45, 7) is 4.26. The number of carbonyl (C=O) groups excluding carboxylic acids is 2. The number of H-pyrrole nitrogens is 1. The Morgan fingerprint density at radius 2 is 1.93 bits per heavy atom. The third kappa shape index (κ3) is 3.01. The number of carbonyl (C=O) groups is 2. The van der Waals surface area contributed by atoms with Crippen molar-refractivity contribution in [3.05, 3.63) is 41.7 Å². The van der Waals surface area contributed by atoms with Crippen molar-refractivity contribution in [1.82, 2.24) is 30.0 Å². The van der Waals surface area contributed by atoms with Crippen LogP contribution >= 0.6 is 0 Å². The summed E-state index contributed by atoms with van der Waals surface area (Å²) in [5, 5.41) is 7.41. The molecule has 2 atom stereocenters. The van der Waals surface area contributed by atoms with Crippen LogP contribution in [0.25, 0.3) is 0 Å². The number of nitrogens with zero attached hydrogens (tertiary/aromatic N) is 5. The summed E-state index contributed by atoms with van der Waals surface area (Å²) in [6.07, 6.45) is 7.56. The molecule has 152 valence electrons. The van der Waals surface area contributed by atoms with Gasteiger partial charge in [-0.25, -0.2) is 4.98 Å². The second-order valence-corrected chi connectivity index (χ2v) is 8.73. The largest absolute Gasteiger partial charge is 0.341 e. The minimum Gasteiger partial charge on any atom is -0.341 e. The van der Waals surface area contributed by atoms with E-state index in [4.69, 9.17) is 0 Å². The summed E-state index contributed by atoms with van der Waals surface area (Å²) in [7, 11) is 0. The number of hydrogen-bond donors (Lipinski definition) is 1. The second-order valence-electron chi connectivity index (χ2n) is 8.73. The highest BCUT2D eigenvalue weighted by Crippen LogP contribution is 2.45. The lowest BCUT2D eigenvalue weighted by Gasteiger charge is -2.28. The Morgan fingerprint density at radius 3 is 2.62 bits per heavy atom. The van der Waals surface area contributed by atoms with Crippen molar-refractivity contribution in [2.24, 2.45) is 11.8 Å². The number of aryl methyl sites for hydroxylation is 1. The van der Waals surface area contributed by atoms with Gasteiger partial charge in [-0.15, -0.1) is 0 Å². The van der Waals surface area contributed by atoms with Gasteiger partial charge in [0.05, 0.1) is 11.0 Å². The van der Waals surface area contributed by atoms with Crippen molar-refractivity contribution in [1.29, 1.82) is 0 Å². The van der Waals surface area contributed by atoms with Gasteiger partial charge in [0.25, 0.3) is 5.91 Å². The average Bonchev–Trinajstić information content (AvgIpc) is 3.50. The smallest absolute Gasteiger partial charge is 0.255 e. The predicted molar refractivity (Wildman–Crippen MR) is 105 cm³/mol. The quantitative estimate of drug-likeness (QED) is 0.852. The molecule has 5 rings (SSSR count). The van der Waals surface area contributed by atoms with Gasteiger partial charge >= 0.3 is 0 Å². The van der Waals surface area contributed by atoms with E-state index < -0.39 is 5.41 Å². The van der Waals surface area contributed by atoms with Crippen LogP contribution in [0.15, 0.2) is 24.5 Å². The second kappa shape index (κ2) is 6.93. The molecule has 2 amide bonds. The van der Waals surface area contributed by atoms with Crippen LogP contribution < -0.4 is 0 Å². The third-order valence-corrected chi connectivity index (χ3v) is 6.86. The van der Waals surface area contributed by atoms with Crippen molar-refractivity contribution >= 4 is 11.8 Å². The van der Waals surface area contributed by atoms with E-state index in [-0.39, 0.29) is 23.7 Å². The highest BCUT2D eigenvalue weighted by molar-refractivity contribution is 5.94. The number of amides is 2. The molecule has 2 aromatic rings. The molecule has 0 spiro atoms. The monoisotopic (exact) mass is 394 g/mol. The maximum Gasteiger partial charge on any atom is 0.255 e. The van der Waals surface area contributed by atoms with E-state index in [1.807, 2.05) is 16.7 Å². The Bertz CT molecular complexity index is 922. The molecule has 4 heterocycles.